The first-order valence-electron chi connectivity index (χ1n) is 8.33. The summed E-state index contributed by atoms with van der Waals surface area (Å²) in [6.45, 7) is 1.63. The van der Waals surface area contributed by atoms with Crippen LogP contribution in [0.15, 0.2) is 53.0 Å². The monoisotopic (exact) mass is 398 g/mol. The minimum atomic E-state index is -0.0286. The van der Waals surface area contributed by atoms with Gasteiger partial charge in [-0.3, -0.25) is 4.79 Å². The summed E-state index contributed by atoms with van der Waals surface area (Å²) in [7, 11) is 0. The van der Waals surface area contributed by atoms with Gasteiger partial charge in [-0.15, -0.1) is 0 Å². The number of amides is 1. The zero-order valence-electron chi connectivity index (χ0n) is 13.8. The van der Waals surface area contributed by atoms with Crippen LogP contribution >= 0.6 is 15.9 Å². The zero-order valence-corrected chi connectivity index (χ0v) is 15.4. The molecular formula is C20H19BrN2O2. The van der Waals surface area contributed by atoms with E-state index < -0.39 is 0 Å². The first-order valence-corrected chi connectivity index (χ1v) is 9.12. The van der Waals surface area contributed by atoms with Crippen molar-refractivity contribution in [1.82, 2.24) is 4.90 Å². The fourth-order valence-electron chi connectivity index (χ4n) is 2.92. The van der Waals surface area contributed by atoms with E-state index in [0.29, 0.717) is 31.0 Å². The summed E-state index contributed by atoms with van der Waals surface area (Å²) in [5, 5.41) is 9.00. The van der Waals surface area contributed by atoms with E-state index in [1.165, 1.54) is 0 Å². The van der Waals surface area contributed by atoms with Crippen LogP contribution in [0.3, 0.4) is 0 Å². The minimum Gasteiger partial charge on any atom is -0.488 e. The number of carbonyl (C=O) groups excluding carboxylic acids is 1. The van der Waals surface area contributed by atoms with Crippen molar-refractivity contribution < 1.29 is 9.53 Å². The predicted octanol–water partition coefficient (Wildman–Crippen LogP) is 4.40. The van der Waals surface area contributed by atoms with Gasteiger partial charge in [0.1, 0.15) is 12.4 Å². The zero-order chi connectivity index (χ0) is 17.6. The van der Waals surface area contributed by atoms with Gasteiger partial charge in [0, 0.05) is 29.0 Å². The molecule has 1 fully saturated rings. The van der Waals surface area contributed by atoms with Crippen molar-refractivity contribution in [2.24, 2.45) is 5.92 Å². The normalized spacial score (nSPS) is 14.8. The van der Waals surface area contributed by atoms with Crippen LogP contribution in [0.25, 0.3) is 0 Å². The Balaban J connectivity index is 1.71. The number of ether oxygens (including phenoxy) is 1. The van der Waals surface area contributed by atoms with E-state index in [2.05, 4.69) is 22.0 Å². The molecule has 1 amide bonds. The van der Waals surface area contributed by atoms with Crippen molar-refractivity contribution in [2.75, 3.05) is 13.1 Å². The van der Waals surface area contributed by atoms with Crippen LogP contribution in [-0.4, -0.2) is 23.9 Å². The highest BCUT2D eigenvalue weighted by Gasteiger charge is 2.25. The van der Waals surface area contributed by atoms with Crippen LogP contribution in [0.2, 0.25) is 0 Å². The van der Waals surface area contributed by atoms with Crippen molar-refractivity contribution in [1.29, 1.82) is 5.26 Å². The molecule has 4 nitrogen and oxygen atoms in total. The first-order chi connectivity index (χ1) is 12.2. The average Bonchev–Trinajstić information content (AvgIpc) is 2.67. The molecule has 25 heavy (non-hydrogen) atoms. The van der Waals surface area contributed by atoms with Gasteiger partial charge >= 0.3 is 0 Å². The summed E-state index contributed by atoms with van der Waals surface area (Å²) in [6, 6.07) is 17.5. The molecule has 0 bridgehead atoms. The third-order valence-corrected chi connectivity index (χ3v) is 5.20. The van der Waals surface area contributed by atoms with Crippen LogP contribution in [-0.2, 0) is 6.61 Å². The molecule has 1 aliphatic rings. The Bertz CT molecular complexity index is 792. The SMILES string of the molecule is N#CC1CCN(C(=O)c2ccccc2OCc2ccccc2Br)CC1. The fourth-order valence-corrected chi connectivity index (χ4v) is 3.32. The Morgan fingerprint density at radius 2 is 1.84 bits per heavy atom. The molecule has 3 rings (SSSR count). The van der Waals surface area contributed by atoms with Gasteiger partial charge in [0.25, 0.3) is 5.91 Å². The molecule has 1 saturated heterocycles. The van der Waals surface area contributed by atoms with Gasteiger partial charge in [-0.05, 0) is 31.0 Å². The summed E-state index contributed by atoms with van der Waals surface area (Å²) in [5.74, 6) is 0.621. The number of likely N-dealkylation sites (tertiary alicyclic amines) is 1. The number of hydrogen-bond donors (Lipinski definition) is 0. The topological polar surface area (TPSA) is 53.3 Å². The highest BCUT2D eigenvalue weighted by atomic mass is 79.9. The highest BCUT2D eigenvalue weighted by Crippen LogP contribution is 2.25. The highest BCUT2D eigenvalue weighted by molar-refractivity contribution is 9.10. The number of para-hydroxylation sites is 1. The van der Waals surface area contributed by atoms with Gasteiger partial charge in [-0.1, -0.05) is 46.3 Å². The van der Waals surface area contributed by atoms with Crippen LogP contribution in [0.1, 0.15) is 28.8 Å². The summed E-state index contributed by atoms with van der Waals surface area (Å²) in [5.41, 5.74) is 1.60. The van der Waals surface area contributed by atoms with E-state index in [1.54, 1.807) is 6.07 Å². The van der Waals surface area contributed by atoms with Gasteiger partial charge in [-0.2, -0.15) is 5.26 Å². The maximum absolute atomic E-state index is 12.8. The maximum atomic E-state index is 12.8. The quantitative estimate of drug-likeness (QED) is 0.766. The van der Waals surface area contributed by atoms with Gasteiger partial charge in [0.05, 0.1) is 11.6 Å². The lowest BCUT2D eigenvalue weighted by molar-refractivity contribution is 0.0702. The Kier molecular flexibility index (Phi) is 5.72. The molecule has 5 heteroatoms. The van der Waals surface area contributed by atoms with E-state index in [4.69, 9.17) is 10.00 Å². The lowest BCUT2D eigenvalue weighted by Gasteiger charge is -2.29. The van der Waals surface area contributed by atoms with Crippen LogP contribution < -0.4 is 4.74 Å². The molecule has 1 aliphatic heterocycles. The maximum Gasteiger partial charge on any atom is 0.257 e. The van der Waals surface area contributed by atoms with Crippen molar-refractivity contribution in [3.05, 3.63) is 64.1 Å². The number of carbonyl (C=O) groups is 1. The number of benzene rings is 2. The van der Waals surface area contributed by atoms with Gasteiger partial charge in [0.2, 0.25) is 0 Å². The van der Waals surface area contributed by atoms with Crippen LogP contribution in [0.4, 0.5) is 0 Å². The summed E-state index contributed by atoms with van der Waals surface area (Å²) >= 11 is 3.51. The largest absolute Gasteiger partial charge is 0.488 e. The van der Waals surface area contributed by atoms with E-state index in [1.807, 2.05) is 47.4 Å². The Labute approximate surface area is 156 Å². The number of halogens is 1. The molecule has 0 aliphatic carbocycles. The van der Waals surface area contributed by atoms with E-state index in [0.717, 1.165) is 22.9 Å². The van der Waals surface area contributed by atoms with Crippen LogP contribution in [0, 0.1) is 17.2 Å². The minimum absolute atomic E-state index is 0.0286. The van der Waals surface area contributed by atoms with Crippen molar-refractivity contribution in [3.8, 4) is 11.8 Å². The second kappa shape index (κ2) is 8.17. The second-order valence-corrected chi connectivity index (χ2v) is 6.93. The Morgan fingerprint density at radius 1 is 1.16 bits per heavy atom. The first kappa shape index (κ1) is 17.5. The molecule has 0 saturated carbocycles. The molecule has 0 unspecified atom stereocenters. The van der Waals surface area contributed by atoms with Gasteiger partial charge in [0.15, 0.2) is 0 Å². The molecular weight excluding hydrogens is 380 g/mol. The molecule has 2 aromatic rings. The summed E-state index contributed by atoms with van der Waals surface area (Å²) in [6.07, 6.45) is 1.48. The fraction of sp³-hybridized carbons (Fsp3) is 0.300. The Morgan fingerprint density at radius 3 is 2.56 bits per heavy atom. The average molecular weight is 399 g/mol. The predicted molar refractivity (Wildman–Crippen MR) is 99.2 cm³/mol. The van der Waals surface area contributed by atoms with E-state index >= 15 is 0 Å². The Hall–Kier alpha value is -2.32. The molecule has 0 spiro atoms. The lowest BCUT2D eigenvalue weighted by Crippen LogP contribution is -2.38. The molecule has 1 heterocycles. The second-order valence-electron chi connectivity index (χ2n) is 6.07. The smallest absolute Gasteiger partial charge is 0.257 e. The lowest BCUT2D eigenvalue weighted by atomic mass is 9.98. The third kappa shape index (κ3) is 4.21. The molecule has 0 aromatic heterocycles. The number of piperidine rings is 1. The number of nitriles is 1. The number of hydrogen-bond acceptors (Lipinski definition) is 3. The van der Waals surface area contributed by atoms with Crippen molar-refractivity contribution in [2.45, 2.75) is 19.4 Å². The third-order valence-electron chi connectivity index (χ3n) is 4.42. The van der Waals surface area contributed by atoms with E-state index in [-0.39, 0.29) is 11.8 Å². The van der Waals surface area contributed by atoms with Crippen molar-refractivity contribution in [3.63, 3.8) is 0 Å². The standard InChI is InChI=1S/C20H19BrN2O2/c21-18-7-3-1-5-16(18)14-25-19-8-4-2-6-17(19)20(24)23-11-9-15(13-22)10-12-23/h1-8,15H,9-12,14H2. The molecule has 2 aromatic carbocycles. The number of rotatable bonds is 4. The van der Waals surface area contributed by atoms with E-state index in [9.17, 15) is 4.79 Å². The van der Waals surface area contributed by atoms with Gasteiger partial charge in [-0.25, -0.2) is 0 Å². The molecule has 0 radical (unpaired) electrons. The summed E-state index contributed by atoms with van der Waals surface area (Å²) < 4.78 is 6.91. The number of nitrogens with zero attached hydrogens (tertiary/aromatic N) is 2. The van der Waals surface area contributed by atoms with Gasteiger partial charge < -0.3 is 9.64 Å². The summed E-state index contributed by atoms with van der Waals surface area (Å²) in [4.78, 5) is 14.7. The van der Waals surface area contributed by atoms with Crippen molar-refractivity contribution >= 4 is 21.8 Å². The molecule has 128 valence electrons. The molecule has 0 atom stereocenters. The van der Waals surface area contributed by atoms with Crippen LogP contribution in [0.5, 0.6) is 5.75 Å². The molecule has 0 N–H and O–H groups in total.